The fourth-order valence-corrected chi connectivity index (χ4v) is 1.93. The minimum atomic E-state index is -0.938. The van der Waals surface area contributed by atoms with Crippen LogP contribution in [0.3, 0.4) is 0 Å². The number of carboxylic acid groups (broad SMARTS) is 1. The Morgan fingerprint density at radius 1 is 1.35 bits per heavy atom. The molecule has 1 N–H and O–H groups in total. The van der Waals surface area contributed by atoms with Gasteiger partial charge < -0.3 is 5.11 Å². The second kappa shape index (κ2) is 4.84. The molecule has 0 unspecified atom stereocenters. The Labute approximate surface area is 99.5 Å². The molecule has 0 radical (unpaired) electrons. The molecule has 0 aromatic heterocycles. The number of hydrogen-bond acceptors (Lipinski definition) is 2. The Balaban J connectivity index is 2.25. The van der Waals surface area contributed by atoms with Gasteiger partial charge in [-0.2, -0.15) is 0 Å². The van der Waals surface area contributed by atoms with Gasteiger partial charge in [-0.3, -0.25) is 9.59 Å². The molecule has 0 heterocycles. The van der Waals surface area contributed by atoms with Crippen LogP contribution in [0.25, 0.3) is 0 Å². The van der Waals surface area contributed by atoms with Gasteiger partial charge in [0.25, 0.3) is 0 Å². The van der Waals surface area contributed by atoms with E-state index >= 15 is 0 Å². The molecule has 3 nitrogen and oxygen atoms in total. The van der Waals surface area contributed by atoms with Crippen molar-refractivity contribution in [3.05, 3.63) is 34.9 Å². The van der Waals surface area contributed by atoms with E-state index in [1.165, 1.54) is 0 Å². The monoisotopic (exact) mass is 228 g/mol. The van der Waals surface area contributed by atoms with Crippen LogP contribution in [0.1, 0.15) is 40.7 Å². The predicted molar refractivity (Wildman–Crippen MR) is 62.8 cm³/mol. The first-order valence-corrected chi connectivity index (χ1v) is 5.53. The Hall–Kier alpha value is -2.08. The summed E-state index contributed by atoms with van der Waals surface area (Å²) in [6, 6.07) is 5.52. The van der Waals surface area contributed by atoms with E-state index in [0.29, 0.717) is 12.0 Å². The van der Waals surface area contributed by atoms with E-state index in [-0.39, 0.29) is 12.2 Å². The molecule has 0 aliphatic heterocycles. The van der Waals surface area contributed by atoms with Crippen LogP contribution in [0.2, 0.25) is 0 Å². The van der Waals surface area contributed by atoms with Crippen LogP contribution in [0.5, 0.6) is 0 Å². The number of aryl methyl sites for hydroxylation is 1. The van der Waals surface area contributed by atoms with Crippen LogP contribution in [-0.2, 0) is 11.2 Å². The molecule has 1 aromatic rings. The lowest BCUT2D eigenvalue weighted by atomic mass is 9.89. The Morgan fingerprint density at radius 3 is 2.94 bits per heavy atom. The third-order valence-electron chi connectivity index (χ3n) is 2.73. The maximum Gasteiger partial charge on any atom is 0.315 e. The molecular weight excluding hydrogens is 216 g/mol. The Kier molecular flexibility index (Phi) is 3.24. The van der Waals surface area contributed by atoms with Gasteiger partial charge in [-0.1, -0.05) is 17.9 Å². The molecule has 1 aromatic carbocycles. The molecule has 0 atom stereocenters. The van der Waals surface area contributed by atoms with Crippen molar-refractivity contribution in [2.75, 3.05) is 0 Å². The number of carboxylic acids is 1. The summed E-state index contributed by atoms with van der Waals surface area (Å²) in [5, 5.41) is 8.47. The quantitative estimate of drug-likeness (QED) is 0.748. The van der Waals surface area contributed by atoms with Crippen molar-refractivity contribution >= 4 is 11.8 Å². The molecule has 17 heavy (non-hydrogen) atoms. The van der Waals surface area contributed by atoms with E-state index in [9.17, 15) is 9.59 Å². The number of Topliss-reactive ketones (excluding diaryl/α,β-unsaturated/α-hetero) is 1. The normalized spacial score (nSPS) is 13.5. The highest BCUT2D eigenvalue weighted by atomic mass is 16.4. The number of fused-ring (bicyclic) bond motifs is 1. The average Bonchev–Trinajstić information content (AvgIpc) is 2.30. The van der Waals surface area contributed by atoms with Crippen molar-refractivity contribution in [3.63, 3.8) is 0 Å². The first-order chi connectivity index (χ1) is 8.16. The zero-order valence-electron chi connectivity index (χ0n) is 9.32. The fraction of sp³-hybridized carbons (Fsp3) is 0.286. The van der Waals surface area contributed by atoms with E-state index in [0.717, 1.165) is 24.0 Å². The molecular formula is C14H12O3. The van der Waals surface area contributed by atoms with Crippen LogP contribution >= 0.6 is 0 Å². The maximum atomic E-state index is 11.7. The summed E-state index contributed by atoms with van der Waals surface area (Å²) in [5.74, 6) is 4.55. The molecule has 0 spiro atoms. The molecule has 2 rings (SSSR count). The van der Waals surface area contributed by atoms with Gasteiger partial charge >= 0.3 is 5.97 Å². The van der Waals surface area contributed by atoms with Gasteiger partial charge in [-0.15, -0.1) is 0 Å². The second-order valence-electron chi connectivity index (χ2n) is 4.02. The number of carbonyl (C=O) groups excluding carboxylic acids is 1. The third kappa shape index (κ3) is 2.73. The molecule has 0 saturated carbocycles. The van der Waals surface area contributed by atoms with Crippen LogP contribution in [-0.4, -0.2) is 16.9 Å². The van der Waals surface area contributed by atoms with Crippen molar-refractivity contribution < 1.29 is 14.7 Å². The lowest BCUT2D eigenvalue weighted by Crippen LogP contribution is -2.10. The zero-order chi connectivity index (χ0) is 12.3. The Morgan fingerprint density at radius 2 is 2.18 bits per heavy atom. The summed E-state index contributed by atoms with van der Waals surface area (Å²) in [6.45, 7) is 0. The van der Waals surface area contributed by atoms with Crippen LogP contribution in [0.4, 0.5) is 0 Å². The standard InChI is InChI=1S/C14H12O3/c15-13-5-2-4-11-8-7-10(9-12(11)13)3-1-6-14(16)17/h7-9H,2,4-6H2,(H,16,17). The second-order valence-corrected chi connectivity index (χ2v) is 4.02. The summed E-state index contributed by atoms with van der Waals surface area (Å²) < 4.78 is 0. The van der Waals surface area contributed by atoms with Gasteiger partial charge in [0.05, 0.1) is 0 Å². The van der Waals surface area contributed by atoms with Crippen LogP contribution in [0.15, 0.2) is 18.2 Å². The van der Waals surface area contributed by atoms with Crippen LogP contribution in [0, 0.1) is 11.8 Å². The smallest absolute Gasteiger partial charge is 0.315 e. The maximum absolute atomic E-state index is 11.7. The summed E-state index contributed by atoms with van der Waals surface area (Å²) in [7, 11) is 0. The summed E-state index contributed by atoms with van der Waals surface area (Å²) in [6.07, 6.45) is 2.27. The first-order valence-electron chi connectivity index (χ1n) is 5.53. The lowest BCUT2D eigenvalue weighted by Gasteiger charge is -2.14. The molecule has 0 saturated heterocycles. The van der Waals surface area contributed by atoms with E-state index < -0.39 is 5.97 Å². The highest BCUT2D eigenvalue weighted by Gasteiger charge is 2.16. The van der Waals surface area contributed by atoms with E-state index in [1.807, 2.05) is 12.1 Å². The highest BCUT2D eigenvalue weighted by molar-refractivity contribution is 5.98. The minimum Gasteiger partial charge on any atom is -0.481 e. The van der Waals surface area contributed by atoms with Gasteiger partial charge in [-0.25, -0.2) is 0 Å². The van der Waals surface area contributed by atoms with Crippen molar-refractivity contribution in [2.24, 2.45) is 0 Å². The number of benzene rings is 1. The number of ketones is 1. The lowest BCUT2D eigenvalue weighted by molar-refractivity contribution is -0.135. The largest absolute Gasteiger partial charge is 0.481 e. The molecule has 1 aliphatic carbocycles. The average molecular weight is 228 g/mol. The number of hydrogen-bond donors (Lipinski definition) is 1. The third-order valence-corrected chi connectivity index (χ3v) is 2.73. The SMILES string of the molecule is O=C(O)CC#Cc1ccc2c(c1)C(=O)CCC2. The van der Waals surface area contributed by atoms with Gasteiger partial charge in [0, 0.05) is 17.5 Å². The molecule has 0 amide bonds. The van der Waals surface area contributed by atoms with Gasteiger partial charge in [0.1, 0.15) is 6.42 Å². The zero-order valence-corrected chi connectivity index (χ0v) is 9.32. The van der Waals surface area contributed by atoms with E-state index in [4.69, 9.17) is 5.11 Å². The van der Waals surface area contributed by atoms with Crippen molar-refractivity contribution in [1.82, 2.24) is 0 Å². The molecule has 0 fully saturated rings. The van der Waals surface area contributed by atoms with Crippen molar-refractivity contribution in [3.8, 4) is 11.8 Å². The number of aliphatic carboxylic acids is 1. The first kappa shape index (κ1) is 11.4. The topological polar surface area (TPSA) is 54.4 Å². The predicted octanol–water partition coefficient (Wildman–Crippen LogP) is 2.03. The fourth-order valence-electron chi connectivity index (χ4n) is 1.93. The highest BCUT2D eigenvalue weighted by Crippen LogP contribution is 2.21. The van der Waals surface area contributed by atoms with E-state index in [2.05, 4.69) is 11.8 Å². The van der Waals surface area contributed by atoms with Gasteiger partial charge in [0.2, 0.25) is 0 Å². The summed E-state index contributed by atoms with van der Waals surface area (Å²) >= 11 is 0. The Bertz CT molecular complexity index is 532. The molecule has 3 heteroatoms. The molecule has 1 aliphatic rings. The van der Waals surface area contributed by atoms with Crippen molar-refractivity contribution in [2.45, 2.75) is 25.7 Å². The van der Waals surface area contributed by atoms with Gasteiger partial charge in [0.15, 0.2) is 5.78 Å². The number of rotatable bonds is 1. The molecule has 0 bridgehead atoms. The van der Waals surface area contributed by atoms with E-state index in [1.54, 1.807) is 6.07 Å². The summed E-state index contributed by atoms with van der Waals surface area (Å²) in [4.78, 5) is 22.0. The minimum absolute atomic E-state index is 0.160. The van der Waals surface area contributed by atoms with Crippen molar-refractivity contribution in [1.29, 1.82) is 0 Å². The number of carbonyl (C=O) groups is 2. The molecule has 86 valence electrons. The van der Waals surface area contributed by atoms with Crippen LogP contribution < -0.4 is 0 Å². The summed E-state index contributed by atoms with van der Waals surface area (Å²) in [5.41, 5.74) is 2.53. The van der Waals surface area contributed by atoms with Gasteiger partial charge in [-0.05, 0) is 30.5 Å².